The molecule has 0 radical (unpaired) electrons. The molecule has 3 N–H and O–H groups in total. The van der Waals surface area contributed by atoms with Crippen LogP contribution in [0.1, 0.15) is 31.2 Å². The smallest absolute Gasteiger partial charge is 0.239 e. The van der Waals surface area contributed by atoms with E-state index in [0.29, 0.717) is 0 Å². The van der Waals surface area contributed by atoms with Crippen molar-refractivity contribution in [1.29, 1.82) is 0 Å². The van der Waals surface area contributed by atoms with Crippen LogP contribution in [0, 0.1) is 0 Å². The third kappa shape index (κ3) is 4.56. The standard InChI is InChI=1S/C16H22N2O3/c19-12-16(8-4-5-9-16)18-15(21)11-17-14(20)10-13-6-2-1-3-7-13/h1-3,6-7,19H,4-5,8-12H2,(H,17,20)(H,18,21). The zero-order chi connectivity index (χ0) is 15.1. The molecule has 0 atom stereocenters. The molecule has 0 saturated heterocycles. The molecule has 2 amide bonds. The van der Waals surface area contributed by atoms with Crippen molar-refractivity contribution < 1.29 is 14.7 Å². The molecule has 0 unspecified atom stereocenters. The summed E-state index contributed by atoms with van der Waals surface area (Å²) in [6, 6.07) is 9.39. The molecule has 0 bridgehead atoms. The van der Waals surface area contributed by atoms with Crippen LogP contribution in [-0.4, -0.2) is 35.6 Å². The SMILES string of the molecule is O=C(Cc1ccccc1)NCC(=O)NC1(CO)CCCC1. The summed E-state index contributed by atoms with van der Waals surface area (Å²) in [5.74, 6) is -0.423. The Hall–Kier alpha value is -1.88. The highest BCUT2D eigenvalue weighted by Gasteiger charge is 2.34. The summed E-state index contributed by atoms with van der Waals surface area (Å²) in [7, 11) is 0. The van der Waals surface area contributed by atoms with Crippen LogP contribution >= 0.6 is 0 Å². The molecule has 1 fully saturated rings. The van der Waals surface area contributed by atoms with Crippen molar-refractivity contribution in [2.24, 2.45) is 0 Å². The van der Waals surface area contributed by atoms with Gasteiger partial charge >= 0.3 is 0 Å². The third-order valence-electron chi connectivity index (χ3n) is 3.92. The summed E-state index contributed by atoms with van der Waals surface area (Å²) in [6.45, 7) is -0.0931. The Balaban J connectivity index is 1.74. The van der Waals surface area contributed by atoms with Gasteiger partial charge in [-0.25, -0.2) is 0 Å². The van der Waals surface area contributed by atoms with Gasteiger partial charge in [-0.3, -0.25) is 9.59 Å². The average molecular weight is 290 g/mol. The lowest BCUT2D eigenvalue weighted by atomic mass is 9.99. The maximum atomic E-state index is 11.9. The molecule has 0 aliphatic heterocycles. The first-order valence-corrected chi connectivity index (χ1v) is 7.36. The molecule has 5 nitrogen and oxygen atoms in total. The number of benzene rings is 1. The molecule has 21 heavy (non-hydrogen) atoms. The second-order valence-electron chi connectivity index (χ2n) is 5.63. The first kappa shape index (κ1) is 15.5. The molecule has 1 aromatic carbocycles. The zero-order valence-corrected chi connectivity index (χ0v) is 12.1. The normalized spacial score (nSPS) is 16.4. The number of amides is 2. The first-order valence-electron chi connectivity index (χ1n) is 7.36. The van der Waals surface area contributed by atoms with E-state index in [-0.39, 0.29) is 31.4 Å². The molecule has 1 aliphatic rings. The number of aliphatic hydroxyl groups is 1. The summed E-state index contributed by atoms with van der Waals surface area (Å²) in [6.07, 6.45) is 3.89. The van der Waals surface area contributed by atoms with Crippen molar-refractivity contribution in [1.82, 2.24) is 10.6 Å². The highest BCUT2D eigenvalue weighted by Crippen LogP contribution is 2.28. The van der Waals surface area contributed by atoms with Crippen molar-refractivity contribution in [3.63, 3.8) is 0 Å². The monoisotopic (exact) mass is 290 g/mol. The quantitative estimate of drug-likeness (QED) is 0.724. The van der Waals surface area contributed by atoms with Crippen molar-refractivity contribution >= 4 is 11.8 Å². The molecule has 2 rings (SSSR count). The third-order valence-corrected chi connectivity index (χ3v) is 3.92. The Bertz CT molecular complexity index is 482. The summed E-state index contributed by atoms with van der Waals surface area (Å²) < 4.78 is 0. The summed E-state index contributed by atoms with van der Waals surface area (Å²) in [5.41, 5.74) is 0.430. The number of hydrogen-bond acceptors (Lipinski definition) is 3. The highest BCUT2D eigenvalue weighted by molar-refractivity contribution is 5.86. The van der Waals surface area contributed by atoms with Crippen LogP contribution in [0.3, 0.4) is 0 Å². The zero-order valence-electron chi connectivity index (χ0n) is 12.1. The molecular weight excluding hydrogens is 268 g/mol. The van der Waals surface area contributed by atoms with Crippen molar-refractivity contribution in [2.45, 2.75) is 37.6 Å². The van der Waals surface area contributed by atoms with Gasteiger partial charge in [0, 0.05) is 0 Å². The highest BCUT2D eigenvalue weighted by atomic mass is 16.3. The van der Waals surface area contributed by atoms with Crippen LogP contribution in [0.2, 0.25) is 0 Å². The number of carbonyl (C=O) groups excluding carboxylic acids is 2. The maximum Gasteiger partial charge on any atom is 0.239 e. The van der Waals surface area contributed by atoms with Gasteiger partial charge < -0.3 is 15.7 Å². The van der Waals surface area contributed by atoms with Crippen LogP contribution in [0.15, 0.2) is 30.3 Å². The largest absolute Gasteiger partial charge is 0.394 e. The van der Waals surface area contributed by atoms with Gasteiger partial charge in [0.15, 0.2) is 0 Å². The summed E-state index contributed by atoms with van der Waals surface area (Å²) >= 11 is 0. The lowest BCUT2D eigenvalue weighted by Gasteiger charge is -2.28. The number of nitrogens with one attached hydrogen (secondary N) is 2. The number of aliphatic hydroxyl groups excluding tert-OH is 1. The van der Waals surface area contributed by atoms with E-state index >= 15 is 0 Å². The fraction of sp³-hybridized carbons (Fsp3) is 0.500. The lowest BCUT2D eigenvalue weighted by molar-refractivity contribution is -0.127. The number of carbonyl (C=O) groups is 2. The Kier molecular flexibility index (Phi) is 5.33. The van der Waals surface area contributed by atoms with Crippen LogP contribution in [-0.2, 0) is 16.0 Å². The predicted octanol–water partition coefficient (Wildman–Crippen LogP) is 0.767. The van der Waals surface area contributed by atoms with Gasteiger partial charge in [-0.1, -0.05) is 43.2 Å². The first-order chi connectivity index (χ1) is 10.1. The van der Waals surface area contributed by atoms with Gasteiger partial charge in [-0.2, -0.15) is 0 Å². The number of rotatable bonds is 6. The van der Waals surface area contributed by atoms with Crippen molar-refractivity contribution in [3.05, 3.63) is 35.9 Å². The van der Waals surface area contributed by atoms with Gasteiger partial charge in [0.05, 0.1) is 25.1 Å². The minimum Gasteiger partial charge on any atom is -0.394 e. The van der Waals surface area contributed by atoms with Crippen molar-refractivity contribution in [3.8, 4) is 0 Å². The van der Waals surface area contributed by atoms with Gasteiger partial charge in [0.25, 0.3) is 0 Å². The van der Waals surface area contributed by atoms with Gasteiger partial charge in [0.1, 0.15) is 0 Å². The molecule has 114 valence electrons. The minimum atomic E-state index is -0.485. The van der Waals surface area contributed by atoms with Gasteiger partial charge in [-0.15, -0.1) is 0 Å². The van der Waals surface area contributed by atoms with Crippen LogP contribution in [0.5, 0.6) is 0 Å². The Morgan fingerprint density at radius 3 is 2.38 bits per heavy atom. The van der Waals surface area contributed by atoms with E-state index in [2.05, 4.69) is 10.6 Å². The van der Waals surface area contributed by atoms with Gasteiger partial charge in [0.2, 0.25) is 11.8 Å². The van der Waals surface area contributed by atoms with E-state index in [1.54, 1.807) is 0 Å². The Morgan fingerprint density at radius 2 is 1.76 bits per heavy atom. The molecule has 1 saturated carbocycles. The van der Waals surface area contributed by atoms with Gasteiger partial charge in [-0.05, 0) is 18.4 Å². The van der Waals surface area contributed by atoms with E-state index < -0.39 is 5.54 Å². The summed E-state index contributed by atoms with van der Waals surface area (Å²) in [4.78, 5) is 23.6. The topological polar surface area (TPSA) is 78.4 Å². The molecule has 5 heteroatoms. The molecular formula is C16H22N2O3. The second kappa shape index (κ2) is 7.22. The van der Waals surface area contributed by atoms with Crippen molar-refractivity contribution in [2.75, 3.05) is 13.2 Å². The molecule has 1 aliphatic carbocycles. The fourth-order valence-electron chi connectivity index (χ4n) is 2.74. The summed E-state index contributed by atoms with van der Waals surface area (Å²) in [5, 5.41) is 14.9. The molecule has 0 aromatic heterocycles. The van der Waals surface area contributed by atoms with E-state index in [1.165, 1.54) is 0 Å². The minimum absolute atomic E-state index is 0.0449. The Labute approximate surface area is 124 Å². The van der Waals surface area contributed by atoms with E-state index in [9.17, 15) is 14.7 Å². The molecule has 1 aromatic rings. The predicted molar refractivity (Wildman–Crippen MR) is 79.6 cm³/mol. The van der Waals surface area contributed by atoms with E-state index in [1.807, 2.05) is 30.3 Å². The Morgan fingerprint density at radius 1 is 1.10 bits per heavy atom. The lowest BCUT2D eigenvalue weighted by Crippen LogP contribution is -2.52. The number of hydrogen-bond donors (Lipinski definition) is 3. The fourth-order valence-corrected chi connectivity index (χ4v) is 2.74. The van der Waals surface area contributed by atoms with E-state index in [0.717, 1.165) is 31.2 Å². The second-order valence-corrected chi connectivity index (χ2v) is 5.63. The molecule has 0 spiro atoms. The van der Waals surface area contributed by atoms with Crippen LogP contribution in [0.4, 0.5) is 0 Å². The van der Waals surface area contributed by atoms with Crippen LogP contribution < -0.4 is 10.6 Å². The average Bonchev–Trinajstić information content (AvgIpc) is 2.95. The molecule has 0 heterocycles. The van der Waals surface area contributed by atoms with Crippen LogP contribution in [0.25, 0.3) is 0 Å². The van der Waals surface area contributed by atoms with E-state index in [4.69, 9.17) is 0 Å². The maximum absolute atomic E-state index is 11.9.